The molecule has 2 aliphatic rings. The lowest BCUT2D eigenvalue weighted by Gasteiger charge is -2.22. The zero-order valence-corrected chi connectivity index (χ0v) is 17.9. The molecule has 5 rings (SSSR count). The fraction of sp³-hybridized carbons (Fsp3) is 0.450. The van der Waals surface area contributed by atoms with Gasteiger partial charge in [-0.2, -0.15) is 4.98 Å². The van der Waals surface area contributed by atoms with Crippen molar-refractivity contribution in [2.75, 3.05) is 28.6 Å². The highest BCUT2D eigenvalue weighted by Gasteiger charge is 2.25. The molecule has 3 aromatic rings. The number of hydrogen-bond donors (Lipinski definition) is 5. The van der Waals surface area contributed by atoms with Crippen LogP contribution in [0.25, 0.3) is 5.65 Å². The SMILES string of the molecule is NCc1cc(Nc2nc(NC3CC3)c3ncc(CN)n3n2)c(Cl)c(N2CC[C@@H](N)C2)c1. The van der Waals surface area contributed by atoms with Crippen LogP contribution in [0.2, 0.25) is 5.02 Å². The number of halogens is 1. The number of imidazole rings is 1. The highest BCUT2D eigenvalue weighted by atomic mass is 35.5. The molecule has 11 heteroatoms. The molecule has 31 heavy (non-hydrogen) atoms. The lowest BCUT2D eigenvalue weighted by molar-refractivity contribution is 0.752. The molecule has 0 radical (unpaired) electrons. The van der Waals surface area contributed by atoms with Crippen LogP contribution in [0.1, 0.15) is 30.5 Å². The number of aromatic nitrogens is 4. The van der Waals surface area contributed by atoms with Crippen molar-refractivity contribution in [3.05, 3.63) is 34.6 Å². The third kappa shape index (κ3) is 3.99. The first-order valence-corrected chi connectivity index (χ1v) is 10.9. The summed E-state index contributed by atoms with van der Waals surface area (Å²) in [5.74, 6) is 1.08. The summed E-state index contributed by atoms with van der Waals surface area (Å²) in [6, 6.07) is 4.52. The van der Waals surface area contributed by atoms with Crippen molar-refractivity contribution in [3.8, 4) is 0 Å². The lowest BCUT2D eigenvalue weighted by atomic mass is 10.1. The van der Waals surface area contributed by atoms with Gasteiger partial charge in [-0.05, 0) is 37.0 Å². The third-order valence-electron chi connectivity index (χ3n) is 5.72. The Kier molecular flexibility index (Phi) is 5.30. The van der Waals surface area contributed by atoms with E-state index >= 15 is 0 Å². The van der Waals surface area contributed by atoms with Crippen LogP contribution in [0.15, 0.2) is 18.3 Å². The van der Waals surface area contributed by atoms with E-state index in [-0.39, 0.29) is 6.04 Å². The van der Waals surface area contributed by atoms with Gasteiger partial charge in [-0.15, -0.1) is 5.10 Å². The maximum absolute atomic E-state index is 6.81. The normalized spacial score (nSPS) is 18.7. The fourth-order valence-electron chi connectivity index (χ4n) is 3.87. The van der Waals surface area contributed by atoms with Crippen LogP contribution in [-0.4, -0.2) is 44.8 Å². The molecule has 1 saturated heterocycles. The predicted molar refractivity (Wildman–Crippen MR) is 123 cm³/mol. The molecule has 1 aliphatic heterocycles. The van der Waals surface area contributed by atoms with Gasteiger partial charge in [-0.1, -0.05) is 11.6 Å². The maximum atomic E-state index is 6.81. The molecule has 10 nitrogen and oxygen atoms in total. The average molecular weight is 443 g/mol. The minimum atomic E-state index is 0.145. The second kappa shape index (κ2) is 8.12. The molecule has 1 saturated carbocycles. The zero-order chi connectivity index (χ0) is 21.5. The van der Waals surface area contributed by atoms with E-state index in [0.717, 1.165) is 49.3 Å². The molecule has 0 spiro atoms. The quantitative estimate of drug-likeness (QED) is 0.367. The van der Waals surface area contributed by atoms with Crippen LogP contribution < -0.4 is 32.7 Å². The average Bonchev–Trinajstić information content (AvgIpc) is 3.31. The van der Waals surface area contributed by atoms with E-state index in [4.69, 9.17) is 28.8 Å². The summed E-state index contributed by atoms with van der Waals surface area (Å²) in [5, 5.41) is 11.9. The van der Waals surface area contributed by atoms with Crippen molar-refractivity contribution in [1.82, 2.24) is 19.6 Å². The number of anilines is 4. The molecule has 3 heterocycles. The van der Waals surface area contributed by atoms with Gasteiger partial charge >= 0.3 is 0 Å². The summed E-state index contributed by atoms with van der Waals surface area (Å²) in [5.41, 5.74) is 22.0. The van der Waals surface area contributed by atoms with E-state index in [1.54, 1.807) is 10.7 Å². The van der Waals surface area contributed by atoms with E-state index in [9.17, 15) is 0 Å². The van der Waals surface area contributed by atoms with Gasteiger partial charge in [0.15, 0.2) is 11.5 Å². The summed E-state index contributed by atoms with van der Waals surface area (Å²) in [4.78, 5) is 11.3. The second-order valence-corrected chi connectivity index (χ2v) is 8.57. The molecule has 2 aromatic heterocycles. The Morgan fingerprint density at radius 3 is 2.68 bits per heavy atom. The van der Waals surface area contributed by atoms with Crippen molar-refractivity contribution < 1.29 is 0 Å². The molecular weight excluding hydrogens is 416 g/mol. The van der Waals surface area contributed by atoms with Gasteiger partial charge in [0, 0.05) is 38.3 Å². The number of nitrogens with zero attached hydrogens (tertiary/aromatic N) is 5. The second-order valence-electron chi connectivity index (χ2n) is 8.19. The number of fused-ring (bicyclic) bond motifs is 1. The maximum Gasteiger partial charge on any atom is 0.247 e. The van der Waals surface area contributed by atoms with Gasteiger partial charge < -0.3 is 32.7 Å². The minimum absolute atomic E-state index is 0.145. The molecule has 164 valence electrons. The lowest BCUT2D eigenvalue weighted by Crippen LogP contribution is -2.26. The summed E-state index contributed by atoms with van der Waals surface area (Å²) >= 11 is 6.81. The van der Waals surface area contributed by atoms with E-state index < -0.39 is 0 Å². The summed E-state index contributed by atoms with van der Waals surface area (Å²) in [6.45, 7) is 2.34. The number of hydrogen-bond acceptors (Lipinski definition) is 9. The highest BCUT2D eigenvalue weighted by Crippen LogP contribution is 2.37. The Morgan fingerprint density at radius 2 is 2.00 bits per heavy atom. The first-order chi connectivity index (χ1) is 15.1. The van der Waals surface area contributed by atoms with Gasteiger partial charge in [-0.25, -0.2) is 9.50 Å². The van der Waals surface area contributed by atoms with Crippen LogP contribution in [0.3, 0.4) is 0 Å². The van der Waals surface area contributed by atoms with Crippen LogP contribution in [0.4, 0.5) is 23.1 Å². The molecule has 8 N–H and O–H groups in total. The number of benzene rings is 1. The van der Waals surface area contributed by atoms with Crippen molar-refractivity contribution in [3.63, 3.8) is 0 Å². The Labute approximate surface area is 185 Å². The monoisotopic (exact) mass is 442 g/mol. The molecule has 0 unspecified atom stereocenters. The molecular formula is C20H27ClN10. The van der Waals surface area contributed by atoms with Crippen LogP contribution >= 0.6 is 11.6 Å². The van der Waals surface area contributed by atoms with Crippen LogP contribution in [0.5, 0.6) is 0 Å². The Bertz CT molecular complexity index is 1110. The van der Waals surface area contributed by atoms with Crippen LogP contribution in [0, 0.1) is 0 Å². The van der Waals surface area contributed by atoms with Crippen molar-refractivity contribution >= 4 is 40.4 Å². The highest BCUT2D eigenvalue weighted by molar-refractivity contribution is 6.36. The van der Waals surface area contributed by atoms with Crippen molar-refractivity contribution in [2.24, 2.45) is 17.2 Å². The minimum Gasteiger partial charge on any atom is -0.369 e. The van der Waals surface area contributed by atoms with E-state index in [1.807, 2.05) is 12.1 Å². The Balaban J connectivity index is 1.54. The van der Waals surface area contributed by atoms with Gasteiger partial charge in [0.1, 0.15) is 0 Å². The Morgan fingerprint density at radius 1 is 1.16 bits per heavy atom. The van der Waals surface area contributed by atoms with Crippen molar-refractivity contribution in [1.29, 1.82) is 0 Å². The van der Waals surface area contributed by atoms with Gasteiger partial charge in [0.25, 0.3) is 0 Å². The smallest absolute Gasteiger partial charge is 0.247 e. The largest absolute Gasteiger partial charge is 0.369 e. The predicted octanol–water partition coefficient (Wildman–Crippen LogP) is 1.55. The molecule has 1 aromatic carbocycles. The fourth-order valence-corrected chi connectivity index (χ4v) is 4.15. The van der Waals surface area contributed by atoms with Crippen molar-refractivity contribution in [2.45, 2.75) is 44.4 Å². The van der Waals surface area contributed by atoms with E-state index in [1.165, 1.54) is 0 Å². The molecule has 2 fully saturated rings. The number of rotatable bonds is 7. The summed E-state index contributed by atoms with van der Waals surface area (Å²) in [7, 11) is 0. The van der Waals surface area contributed by atoms with E-state index in [0.29, 0.717) is 47.3 Å². The number of nitrogens with one attached hydrogen (secondary N) is 2. The topological polar surface area (TPSA) is 148 Å². The van der Waals surface area contributed by atoms with Gasteiger partial charge in [0.05, 0.1) is 28.3 Å². The molecule has 0 amide bonds. The van der Waals surface area contributed by atoms with E-state index in [2.05, 4.69) is 30.6 Å². The Hall–Kier alpha value is -2.66. The zero-order valence-electron chi connectivity index (χ0n) is 17.2. The summed E-state index contributed by atoms with van der Waals surface area (Å²) < 4.78 is 1.72. The molecule has 1 aliphatic carbocycles. The van der Waals surface area contributed by atoms with Crippen LogP contribution in [-0.2, 0) is 13.1 Å². The summed E-state index contributed by atoms with van der Waals surface area (Å²) in [6.07, 6.45) is 4.90. The first kappa shape index (κ1) is 20.3. The molecule has 1 atom stereocenters. The molecule has 0 bridgehead atoms. The first-order valence-electron chi connectivity index (χ1n) is 10.6. The number of nitrogens with two attached hydrogens (primary N) is 3. The third-order valence-corrected chi connectivity index (χ3v) is 6.12. The standard InChI is InChI=1S/C20H27ClN10/c21-17-15(5-11(7-22)6-16(17)30-4-3-12(24)10-30)27-20-28-18(26-13-1-2-13)19-25-9-14(8-23)31(19)29-20/h5-6,9,12-13H,1-4,7-8,10,22-24H2,(H2,26,27,28,29)/t12-/m1/s1. The van der Waals surface area contributed by atoms with Gasteiger partial charge in [-0.3, -0.25) is 0 Å². The van der Waals surface area contributed by atoms with Gasteiger partial charge in [0.2, 0.25) is 5.95 Å².